The first-order valence-corrected chi connectivity index (χ1v) is 8.26. The summed E-state index contributed by atoms with van der Waals surface area (Å²) in [7, 11) is 0. The number of aryl methyl sites for hydroxylation is 1. The fourth-order valence-electron chi connectivity index (χ4n) is 2.85. The highest BCUT2D eigenvalue weighted by atomic mass is 16.2. The van der Waals surface area contributed by atoms with Crippen LogP contribution in [-0.2, 0) is 11.3 Å². The van der Waals surface area contributed by atoms with Crippen LogP contribution >= 0.6 is 0 Å². The van der Waals surface area contributed by atoms with Crippen molar-refractivity contribution >= 4 is 11.9 Å². The van der Waals surface area contributed by atoms with E-state index in [0.29, 0.717) is 6.54 Å². The van der Waals surface area contributed by atoms with Crippen LogP contribution in [0.5, 0.6) is 0 Å². The third-order valence-electron chi connectivity index (χ3n) is 4.40. The van der Waals surface area contributed by atoms with Crippen molar-refractivity contribution in [2.24, 2.45) is 0 Å². The number of imide groups is 1. The van der Waals surface area contributed by atoms with Gasteiger partial charge < -0.3 is 5.32 Å². The van der Waals surface area contributed by atoms with Gasteiger partial charge in [0.1, 0.15) is 5.54 Å². The predicted molar refractivity (Wildman–Crippen MR) is 91.1 cm³/mol. The number of urea groups is 1. The van der Waals surface area contributed by atoms with Gasteiger partial charge in [0.25, 0.3) is 5.91 Å². The maximum Gasteiger partial charge on any atom is 0.325 e. The molecule has 23 heavy (non-hydrogen) atoms. The Morgan fingerprint density at radius 1 is 1.22 bits per heavy atom. The molecule has 1 fully saturated rings. The van der Waals surface area contributed by atoms with E-state index in [4.69, 9.17) is 0 Å². The molecule has 0 saturated carbocycles. The summed E-state index contributed by atoms with van der Waals surface area (Å²) >= 11 is 0. The quantitative estimate of drug-likeness (QED) is 0.786. The first-order valence-electron chi connectivity index (χ1n) is 8.26. The van der Waals surface area contributed by atoms with Gasteiger partial charge in [-0.1, -0.05) is 31.2 Å². The van der Waals surface area contributed by atoms with Crippen LogP contribution in [0.1, 0.15) is 38.3 Å². The van der Waals surface area contributed by atoms with Crippen molar-refractivity contribution in [3.63, 3.8) is 0 Å². The number of nitrogens with zero attached hydrogens (tertiary/aromatic N) is 2. The minimum Gasteiger partial charge on any atom is -0.324 e. The molecule has 1 aliphatic heterocycles. The van der Waals surface area contributed by atoms with Crippen molar-refractivity contribution in [3.05, 3.63) is 35.4 Å². The molecule has 0 radical (unpaired) electrons. The van der Waals surface area contributed by atoms with Crippen molar-refractivity contribution in [2.45, 2.75) is 46.2 Å². The second-order valence-corrected chi connectivity index (χ2v) is 6.66. The van der Waals surface area contributed by atoms with E-state index in [1.165, 1.54) is 16.0 Å². The molecule has 2 rings (SSSR count). The summed E-state index contributed by atoms with van der Waals surface area (Å²) in [5.41, 5.74) is 1.84. The van der Waals surface area contributed by atoms with Crippen LogP contribution in [0.4, 0.5) is 4.79 Å². The fourth-order valence-corrected chi connectivity index (χ4v) is 2.85. The Hall–Kier alpha value is -1.88. The minimum atomic E-state index is -0.775. The summed E-state index contributed by atoms with van der Waals surface area (Å²) in [5.74, 6) is -0.135. The van der Waals surface area contributed by atoms with Gasteiger partial charge in [-0.25, -0.2) is 4.79 Å². The summed E-state index contributed by atoms with van der Waals surface area (Å²) in [6, 6.07) is 8.11. The molecule has 126 valence electrons. The lowest BCUT2D eigenvalue weighted by molar-refractivity contribution is -0.130. The van der Waals surface area contributed by atoms with E-state index in [1.807, 2.05) is 0 Å². The minimum absolute atomic E-state index is 0.135. The molecule has 0 bridgehead atoms. The zero-order chi connectivity index (χ0) is 17.0. The number of amides is 3. The molecule has 1 saturated heterocycles. The molecule has 0 unspecified atom stereocenters. The summed E-state index contributed by atoms with van der Waals surface area (Å²) < 4.78 is 0. The van der Waals surface area contributed by atoms with Crippen molar-refractivity contribution in [1.82, 2.24) is 15.1 Å². The molecule has 0 aromatic heterocycles. The number of rotatable bonds is 7. The lowest BCUT2D eigenvalue weighted by Gasteiger charge is -2.23. The molecule has 5 nitrogen and oxygen atoms in total. The average Bonchev–Trinajstić information content (AvgIpc) is 2.69. The normalized spacial score (nSPS) is 17.0. The van der Waals surface area contributed by atoms with E-state index in [-0.39, 0.29) is 11.9 Å². The molecule has 1 aromatic carbocycles. The second-order valence-electron chi connectivity index (χ2n) is 6.66. The Bertz CT molecular complexity index is 583. The second kappa shape index (κ2) is 7.13. The summed E-state index contributed by atoms with van der Waals surface area (Å²) in [6.45, 7) is 10.9. The highest BCUT2D eigenvalue weighted by Crippen LogP contribution is 2.17. The third kappa shape index (κ3) is 4.10. The SMILES string of the molecule is CCN(CCCN1C(=O)NC(C)(C)C1=O)Cc1ccccc1C. The zero-order valence-corrected chi connectivity index (χ0v) is 14.6. The largest absolute Gasteiger partial charge is 0.325 e. The van der Waals surface area contributed by atoms with Gasteiger partial charge in [0.2, 0.25) is 0 Å². The molecular formula is C18H27N3O2. The molecular weight excluding hydrogens is 290 g/mol. The van der Waals surface area contributed by atoms with Gasteiger partial charge in [0, 0.05) is 19.6 Å². The van der Waals surface area contributed by atoms with Crippen LogP contribution in [0, 0.1) is 6.92 Å². The average molecular weight is 317 g/mol. The van der Waals surface area contributed by atoms with E-state index < -0.39 is 5.54 Å². The van der Waals surface area contributed by atoms with Gasteiger partial charge in [-0.3, -0.25) is 14.6 Å². The Morgan fingerprint density at radius 2 is 1.91 bits per heavy atom. The lowest BCUT2D eigenvalue weighted by atomic mass is 10.1. The number of hydrogen-bond donors (Lipinski definition) is 1. The number of nitrogens with one attached hydrogen (secondary N) is 1. The maximum absolute atomic E-state index is 12.1. The molecule has 1 N–H and O–H groups in total. The number of carbonyl (C=O) groups is 2. The van der Waals surface area contributed by atoms with E-state index in [2.05, 4.69) is 48.3 Å². The van der Waals surface area contributed by atoms with Crippen LogP contribution < -0.4 is 5.32 Å². The van der Waals surface area contributed by atoms with Gasteiger partial charge in [-0.05, 0) is 44.9 Å². The van der Waals surface area contributed by atoms with Gasteiger partial charge in [-0.15, -0.1) is 0 Å². The Kier molecular flexibility index (Phi) is 5.42. The number of benzene rings is 1. The van der Waals surface area contributed by atoms with Gasteiger partial charge >= 0.3 is 6.03 Å². The first-order chi connectivity index (χ1) is 10.8. The van der Waals surface area contributed by atoms with Crippen LogP contribution in [0.3, 0.4) is 0 Å². The van der Waals surface area contributed by atoms with Gasteiger partial charge in [-0.2, -0.15) is 0 Å². The summed E-state index contributed by atoms with van der Waals surface area (Å²) in [5, 5.41) is 2.72. The fraction of sp³-hybridized carbons (Fsp3) is 0.556. The van der Waals surface area contributed by atoms with Gasteiger partial charge in [0.15, 0.2) is 0 Å². The van der Waals surface area contributed by atoms with E-state index in [0.717, 1.165) is 26.1 Å². The van der Waals surface area contributed by atoms with Crippen molar-refractivity contribution in [3.8, 4) is 0 Å². The zero-order valence-electron chi connectivity index (χ0n) is 14.6. The highest BCUT2D eigenvalue weighted by molar-refractivity contribution is 6.06. The van der Waals surface area contributed by atoms with Gasteiger partial charge in [0.05, 0.1) is 0 Å². The van der Waals surface area contributed by atoms with Crippen LogP contribution in [0.15, 0.2) is 24.3 Å². The topological polar surface area (TPSA) is 52.6 Å². The summed E-state index contributed by atoms with van der Waals surface area (Å²) in [6.07, 6.45) is 0.787. The standard InChI is InChI=1S/C18H27N3O2/c1-5-20(13-15-10-7-6-9-14(15)2)11-8-12-21-16(22)18(3,4)19-17(21)23/h6-7,9-10H,5,8,11-13H2,1-4H3,(H,19,23). The van der Waals surface area contributed by atoms with Crippen molar-refractivity contribution in [1.29, 1.82) is 0 Å². The van der Waals surface area contributed by atoms with Crippen LogP contribution in [-0.4, -0.2) is 46.9 Å². The van der Waals surface area contributed by atoms with Crippen LogP contribution in [0.25, 0.3) is 0 Å². The number of carbonyl (C=O) groups excluding carboxylic acids is 2. The molecule has 1 heterocycles. The first kappa shape index (κ1) is 17.5. The molecule has 1 aromatic rings. The predicted octanol–water partition coefficient (Wildman–Crippen LogP) is 2.54. The van der Waals surface area contributed by atoms with Crippen LogP contribution in [0.2, 0.25) is 0 Å². The molecule has 5 heteroatoms. The molecule has 1 aliphatic rings. The Morgan fingerprint density at radius 3 is 2.48 bits per heavy atom. The highest BCUT2D eigenvalue weighted by Gasteiger charge is 2.43. The van der Waals surface area contributed by atoms with Crippen molar-refractivity contribution < 1.29 is 9.59 Å². The third-order valence-corrected chi connectivity index (χ3v) is 4.40. The molecule has 0 aliphatic carbocycles. The summed E-state index contributed by atoms with van der Waals surface area (Å²) in [4.78, 5) is 27.7. The van der Waals surface area contributed by atoms with Crippen molar-refractivity contribution in [2.75, 3.05) is 19.6 Å². The monoisotopic (exact) mass is 317 g/mol. The molecule has 0 atom stereocenters. The Balaban J connectivity index is 1.86. The number of hydrogen-bond acceptors (Lipinski definition) is 3. The van der Waals surface area contributed by atoms with E-state index in [9.17, 15) is 9.59 Å². The lowest BCUT2D eigenvalue weighted by Crippen LogP contribution is -2.40. The Labute approximate surface area is 138 Å². The smallest absolute Gasteiger partial charge is 0.324 e. The van der Waals surface area contributed by atoms with E-state index in [1.54, 1.807) is 13.8 Å². The molecule has 0 spiro atoms. The maximum atomic E-state index is 12.1. The van der Waals surface area contributed by atoms with E-state index >= 15 is 0 Å². The molecule has 3 amide bonds.